The Kier molecular flexibility index (Phi) is 5.75. The lowest BCUT2D eigenvalue weighted by Crippen LogP contribution is -2.19. The van der Waals surface area contributed by atoms with Gasteiger partial charge in [-0.05, 0) is 37.2 Å². The molecule has 0 radical (unpaired) electrons. The van der Waals surface area contributed by atoms with Crippen LogP contribution in [0.15, 0.2) is 11.1 Å². The molecule has 0 heterocycles. The van der Waals surface area contributed by atoms with E-state index in [4.69, 9.17) is 5.11 Å². The molecule has 22 heavy (non-hydrogen) atoms. The van der Waals surface area contributed by atoms with Gasteiger partial charge in [0.2, 0.25) is 0 Å². The smallest absolute Gasteiger partial charge is 0.332 e. The molecule has 2 rings (SSSR count). The third-order valence-electron chi connectivity index (χ3n) is 5.00. The quantitative estimate of drug-likeness (QED) is 0.705. The van der Waals surface area contributed by atoms with Gasteiger partial charge in [0.1, 0.15) is 5.78 Å². The van der Waals surface area contributed by atoms with Gasteiger partial charge in [0.25, 0.3) is 0 Å². The zero-order valence-corrected chi connectivity index (χ0v) is 12.8. The van der Waals surface area contributed by atoms with Crippen LogP contribution >= 0.6 is 0 Å². The molecule has 0 saturated heterocycles. The highest BCUT2D eigenvalue weighted by Crippen LogP contribution is 2.37. The molecule has 0 bridgehead atoms. The van der Waals surface area contributed by atoms with Crippen molar-refractivity contribution >= 4 is 17.7 Å². The Morgan fingerprint density at radius 2 is 1.27 bits per heavy atom. The highest BCUT2D eigenvalue weighted by atomic mass is 16.4. The van der Waals surface area contributed by atoms with Crippen LogP contribution in [0.5, 0.6) is 0 Å². The van der Waals surface area contributed by atoms with E-state index in [2.05, 4.69) is 0 Å². The van der Waals surface area contributed by atoms with E-state index >= 15 is 0 Å². The van der Waals surface area contributed by atoms with Gasteiger partial charge in [-0.25, -0.2) is 4.79 Å². The molecule has 2 fully saturated rings. The molecule has 0 amide bonds. The first-order valence-electron chi connectivity index (χ1n) is 8.18. The van der Waals surface area contributed by atoms with Crippen molar-refractivity contribution in [2.75, 3.05) is 0 Å². The van der Waals surface area contributed by atoms with Crippen molar-refractivity contribution in [3.05, 3.63) is 11.1 Å². The van der Waals surface area contributed by atoms with Crippen molar-refractivity contribution in [2.45, 2.75) is 64.2 Å². The minimum Gasteiger partial charge on any atom is -0.481 e. The average molecular weight is 308 g/mol. The number of carboxylic acids is 2. The fourth-order valence-electron chi connectivity index (χ4n) is 3.83. The molecular formula is C17H24O5. The molecule has 0 aliphatic heterocycles. The summed E-state index contributed by atoms with van der Waals surface area (Å²) in [7, 11) is 0. The van der Waals surface area contributed by atoms with Crippen LogP contribution in [-0.2, 0) is 14.4 Å². The van der Waals surface area contributed by atoms with Gasteiger partial charge in [-0.3, -0.25) is 9.59 Å². The number of carbonyl (C=O) groups is 3. The summed E-state index contributed by atoms with van der Waals surface area (Å²) in [4.78, 5) is 34.9. The van der Waals surface area contributed by atoms with Crippen molar-refractivity contribution < 1.29 is 24.6 Å². The number of Topliss-reactive ketones (excluding diaryl/α,β-unsaturated/α-hetero) is 1. The molecular weight excluding hydrogens is 284 g/mol. The number of hydrogen-bond donors (Lipinski definition) is 2. The number of allylic oxidation sites excluding steroid dienone is 1. The maximum atomic E-state index is 12.5. The predicted octanol–water partition coefficient (Wildman–Crippen LogP) is 3.18. The number of aliphatic carboxylic acids is 2. The van der Waals surface area contributed by atoms with Crippen LogP contribution < -0.4 is 0 Å². The number of rotatable bonds is 7. The van der Waals surface area contributed by atoms with Crippen LogP contribution in [0.4, 0.5) is 0 Å². The predicted molar refractivity (Wildman–Crippen MR) is 80.5 cm³/mol. The molecule has 2 aliphatic carbocycles. The molecule has 122 valence electrons. The van der Waals surface area contributed by atoms with E-state index in [1.165, 1.54) is 0 Å². The molecule has 0 aromatic carbocycles. The Morgan fingerprint density at radius 3 is 1.73 bits per heavy atom. The zero-order chi connectivity index (χ0) is 16.1. The first-order valence-corrected chi connectivity index (χ1v) is 8.18. The van der Waals surface area contributed by atoms with E-state index in [1.807, 2.05) is 0 Å². The molecule has 2 saturated carbocycles. The van der Waals surface area contributed by atoms with Crippen LogP contribution in [0.1, 0.15) is 64.2 Å². The highest BCUT2D eigenvalue weighted by molar-refractivity contribution is 5.95. The summed E-state index contributed by atoms with van der Waals surface area (Å²) in [6.07, 6.45) is 7.28. The van der Waals surface area contributed by atoms with Crippen LogP contribution in [0, 0.1) is 11.8 Å². The standard InChI is InChI=1S/C17H24O5/c18-15(12-7-3-4-8-12)9-13(11-5-1-2-6-11)14(17(21)22)10-16(19)20/h11-12H,1-10H2,(H,19,20)(H,21,22). The summed E-state index contributed by atoms with van der Waals surface area (Å²) in [5, 5.41) is 18.4. The van der Waals surface area contributed by atoms with E-state index in [1.54, 1.807) is 0 Å². The third kappa shape index (κ3) is 4.18. The third-order valence-corrected chi connectivity index (χ3v) is 5.00. The second kappa shape index (κ2) is 7.56. The highest BCUT2D eigenvalue weighted by Gasteiger charge is 2.30. The summed E-state index contributed by atoms with van der Waals surface area (Å²) in [6, 6.07) is 0. The van der Waals surface area contributed by atoms with Crippen LogP contribution in [0.3, 0.4) is 0 Å². The molecule has 0 atom stereocenters. The van der Waals surface area contributed by atoms with Crippen molar-refractivity contribution in [3.63, 3.8) is 0 Å². The number of ketones is 1. The van der Waals surface area contributed by atoms with Crippen molar-refractivity contribution in [3.8, 4) is 0 Å². The van der Waals surface area contributed by atoms with Crippen molar-refractivity contribution in [1.82, 2.24) is 0 Å². The monoisotopic (exact) mass is 308 g/mol. The van der Waals surface area contributed by atoms with Gasteiger partial charge in [0.05, 0.1) is 6.42 Å². The van der Waals surface area contributed by atoms with Gasteiger partial charge in [0, 0.05) is 17.9 Å². The summed E-state index contributed by atoms with van der Waals surface area (Å²) in [5.74, 6) is -2.14. The van der Waals surface area contributed by atoms with E-state index < -0.39 is 18.4 Å². The van der Waals surface area contributed by atoms with Gasteiger partial charge >= 0.3 is 11.9 Å². The Balaban J connectivity index is 2.25. The summed E-state index contributed by atoms with van der Waals surface area (Å²) < 4.78 is 0. The maximum Gasteiger partial charge on any atom is 0.332 e. The molecule has 0 unspecified atom stereocenters. The molecule has 2 aliphatic rings. The van der Waals surface area contributed by atoms with Gasteiger partial charge in [-0.2, -0.15) is 0 Å². The maximum absolute atomic E-state index is 12.5. The minimum absolute atomic E-state index is 0.0382. The SMILES string of the molecule is O=C(O)CC(C(=O)O)=C(CC(=O)C1CCCC1)C1CCCC1. The summed E-state index contributed by atoms with van der Waals surface area (Å²) in [6.45, 7) is 0. The van der Waals surface area contributed by atoms with Crippen molar-refractivity contribution in [2.24, 2.45) is 11.8 Å². The lowest BCUT2D eigenvalue weighted by molar-refractivity contribution is -0.139. The van der Waals surface area contributed by atoms with Crippen LogP contribution in [0.25, 0.3) is 0 Å². The first kappa shape index (κ1) is 16.7. The molecule has 0 aromatic heterocycles. The molecule has 0 spiro atoms. The lowest BCUT2D eigenvalue weighted by Gasteiger charge is -2.19. The molecule has 5 nitrogen and oxygen atoms in total. The van der Waals surface area contributed by atoms with E-state index in [-0.39, 0.29) is 29.6 Å². The fourth-order valence-corrected chi connectivity index (χ4v) is 3.83. The molecule has 5 heteroatoms. The van der Waals surface area contributed by atoms with E-state index in [9.17, 15) is 19.5 Å². The number of carbonyl (C=O) groups excluding carboxylic acids is 1. The van der Waals surface area contributed by atoms with Crippen LogP contribution in [0.2, 0.25) is 0 Å². The second-order valence-electron chi connectivity index (χ2n) is 6.49. The average Bonchev–Trinajstić information content (AvgIpc) is 3.13. The fraction of sp³-hybridized carbons (Fsp3) is 0.706. The van der Waals surface area contributed by atoms with Gasteiger partial charge in [-0.15, -0.1) is 0 Å². The Hall–Kier alpha value is -1.65. The molecule has 0 aromatic rings. The lowest BCUT2D eigenvalue weighted by atomic mass is 9.85. The van der Waals surface area contributed by atoms with E-state index in [0.29, 0.717) is 5.57 Å². The summed E-state index contributed by atoms with van der Waals surface area (Å²) >= 11 is 0. The number of hydrogen-bond acceptors (Lipinski definition) is 3. The Morgan fingerprint density at radius 1 is 0.773 bits per heavy atom. The normalized spacial score (nSPS) is 20.9. The molecule has 2 N–H and O–H groups in total. The largest absolute Gasteiger partial charge is 0.481 e. The Bertz CT molecular complexity index is 479. The summed E-state index contributed by atoms with van der Waals surface area (Å²) in [5.41, 5.74) is 0.523. The van der Waals surface area contributed by atoms with Gasteiger partial charge in [0.15, 0.2) is 0 Å². The van der Waals surface area contributed by atoms with Gasteiger partial charge in [-0.1, -0.05) is 25.7 Å². The topological polar surface area (TPSA) is 91.7 Å². The van der Waals surface area contributed by atoms with Gasteiger partial charge < -0.3 is 10.2 Å². The number of carboxylic acid groups (broad SMARTS) is 2. The minimum atomic E-state index is -1.19. The zero-order valence-electron chi connectivity index (χ0n) is 12.8. The Labute approximate surface area is 130 Å². The second-order valence-corrected chi connectivity index (χ2v) is 6.49. The first-order chi connectivity index (χ1) is 10.5. The van der Waals surface area contributed by atoms with E-state index in [0.717, 1.165) is 51.4 Å². The van der Waals surface area contributed by atoms with Crippen LogP contribution in [-0.4, -0.2) is 27.9 Å². The van der Waals surface area contributed by atoms with Crippen molar-refractivity contribution in [1.29, 1.82) is 0 Å².